The number of hydrogen-bond donors (Lipinski definition) is 2. The minimum Gasteiger partial charge on any atom is -0.482 e. The molecule has 0 unspecified atom stereocenters. The maximum atomic E-state index is 12.2. The highest BCUT2D eigenvalue weighted by Gasteiger charge is 2.11. The number of nitrogens with one attached hydrogen (secondary N) is 2. The van der Waals surface area contributed by atoms with Crippen molar-refractivity contribution in [2.45, 2.75) is 20.8 Å². The average molecular weight is 395 g/mol. The van der Waals surface area contributed by atoms with Crippen LogP contribution < -0.4 is 15.4 Å². The molecule has 0 radical (unpaired) electrons. The Morgan fingerprint density at radius 1 is 1.08 bits per heavy atom. The molecule has 2 aromatic carbocycles. The predicted molar refractivity (Wildman–Crippen MR) is 105 cm³/mol. The van der Waals surface area contributed by atoms with E-state index in [0.29, 0.717) is 27.2 Å². The number of rotatable bonds is 6. The highest BCUT2D eigenvalue weighted by Crippen LogP contribution is 2.27. The summed E-state index contributed by atoms with van der Waals surface area (Å²) in [7, 11) is 0. The molecular weight excluding hydrogens is 375 g/mol. The normalized spacial score (nSPS) is 10.5. The van der Waals surface area contributed by atoms with Crippen LogP contribution in [0.1, 0.15) is 19.4 Å². The van der Waals surface area contributed by atoms with Gasteiger partial charge in [0, 0.05) is 22.3 Å². The van der Waals surface area contributed by atoms with Crippen molar-refractivity contribution < 1.29 is 14.3 Å². The van der Waals surface area contributed by atoms with Crippen LogP contribution >= 0.6 is 23.2 Å². The second-order valence-electron chi connectivity index (χ2n) is 6.09. The number of anilines is 2. The van der Waals surface area contributed by atoms with Crippen LogP contribution in [0.5, 0.6) is 5.75 Å². The Bertz CT molecular complexity index is 822. The number of amides is 2. The van der Waals surface area contributed by atoms with Gasteiger partial charge in [0.05, 0.1) is 5.02 Å². The quantitative estimate of drug-likeness (QED) is 0.730. The van der Waals surface area contributed by atoms with Gasteiger partial charge in [-0.15, -0.1) is 0 Å². The van der Waals surface area contributed by atoms with E-state index in [2.05, 4.69) is 10.6 Å². The molecule has 2 N–H and O–H groups in total. The zero-order valence-electron chi connectivity index (χ0n) is 14.7. The van der Waals surface area contributed by atoms with Crippen LogP contribution in [0.25, 0.3) is 0 Å². The van der Waals surface area contributed by atoms with Crippen molar-refractivity contribution in [2.24, 2.45) is 5.92 Å². The molecule has 7 heteroatoms. The third-order valence-electron chi connectivity index (χ3n) is 3.56. The molecule has 0 saturated carbocycles. The zero-order valence-corrected chi connectivity index (χ0v) is 16.2. The lowest BCUT2D eigenvalue weighted by molar-refractivity contribution is -0.119. The van der Waals surface area contributed by atoms with E-state index in [9.17, 15) is 9.59 Å². The van der Waals surface area contributed by atoms with Crippen LogP contribution in [0.15, 0.2) is 36.4 Å². The Balaban J connectivity index is 2.00. The molecule has 0 aliphatic rings. The first-order chi connectivity index (χ1) is 12.3. The van der Waals surface area contributed by atoms with E-state index in [1.165, 1.54) is 0 Å². The SMILES string of the molecule is Cc1ccc(NC(=O)C(C)C)cc1NC(=O)COc1ccc(Cl)cc1Cl. The summed E-state index contributed by atoms with van der Waals surface area (Å²) in [4.78, 5) is 24.0. The molecule has 0 saturated heterocycles. The average Bonchev–Trinajstić information content (AvgIpc) is 2.57. The first-order valence-electron chi connectivity index (χ1n) is 8.05. The minimum atomic E-state index is -0.341. The summed E-state index contributed by atoms with van der Waals surface area (Å²) in [6.07, 6.45) is 0. The Morgan fingerprint density at radius 2 is 1.81 bits per heavy atom. The van der Waals surface area contributed by atoms with E-state index < -0.39 is 0 Å². The van der Waals surface area contributed by atoms with Gasteiger partial charge in [0.25, 0.3) is 5.91 Å². The Kier molecular flexibility index (Phi) is 6.89. The lowest BCUT2D eigenvalue weighted by Crippen LogP contribution is -2.21. The van der Waals surface area contributed by atoms with Gasteiger partial charge in [0.15, 0.2) is 6.61 Å². The van der Waals surface area contributed by atoms with E-state index in [0.717, 1.165) is 5.56 Å². The van der Waals surface area contributed by atoms with Gasteiger partial charge in [0.1, 0.15) is 5.75 Å². The summed E-state index contributed by atoms with van der Waals surface area (Å²) < 4.78 is 5.42. The van der Waals surface area contributed by atoms with Crippen molar-refractivity contribution >= 4 is 46.4 Å². The zero-order chi connectivity index (χ0) is 19.3. The third kappa shape index (κ3) is 5.64. The van der Waals surface area contributed by atoms with Crippen LogP contribution in [0.2, 0.25) is 10.0 Å². The molecule has 0 fully saturated rings. The second kappa shape index (κ2) is 8.92. The largest absolute Gasteiger partial charge is 0.482 e. The fraction of sp³-hybridized carbons (Fsp3) is 0.263. The number of halogens is 2. The molecule has 0 aliphatic heterocycles. The standard InChI is InChI=1S/C19H20Cl2N2O3/c1-11(2)19(25)22-14-6-4-12(3)16(9-14)23-18(24)10-26-17-7-5-13(20)8-15(17)21/h4-9,11H,10H2,1-3H3,(H,22,25)(H,23,24). The van der Waals surface area contributed by atoms with Crippen molar-refractivity contribution in [2.75, 3.05) is 17.2 Å². The number of ether oxygens (including phenoxy) is 1. The number of carbonyl (C=O) groups excluding carboxylic acids is 2. The highest BCUT2D eigenvalue weighted by atomic mass is 35.5. The minimum absolute atomic E-state index is 0.0909. The van der Waals surface area contributed by atoms with Crippen molar-refractivity contribution in [3.05, 3.63) is 52.0 Å². The Labute approximate surface area is 162 Å². The molecule has 0 atom stereocenters. The van der Waals surface area contributed by atoms with E-state index in [-0.39, 0.29) is 24.3 Å². The molecule has 0 spiro atoms. The van der Waals surface area contributed by atoms with Gasteiger partial charge in [-0.2, -0.15) is 0 Å². The summed E-state index contributed by atoms with van der Waals surface area (Å²) in [5.74, 6) is -0.189. The number of benzene rings is 2. The topological polar surface area (TPSA) is 67.4 Å². The molecule has 2 rings (SSSR count). The van der Waals surface area contributed by atoms with E-state index in [4.69, 9.17) is 27.9 Å². The van der Waals surface area contributed by atoms with Crippen molar-refractivity contribution in [3.8, 4) is 5.75 Å². The summed E-state index contributed by atoms with van der Waals surface area (Å²) >= 11 is 11.8. The van der Waals surface area contributed by atoms with Crippen molar-refractivity contribution in [1.29, 1.82) is 0 Å². The van der Waals surface area contributed by atoms with Gasteiger partial charge >= 0.3 is 0 Å². The monoisotopic (exact) mass is 394 g/mol. The molecule has 0 bridgehead atoms. The fourth-order valence-electron chi connectivity index (χ4n) is 2.04. The molecule has 138 valence electrons. The number of aryl methyl sites for hydroxylation is 1. The first-order valence-corrected chi connectivity index (χ1v) is 8.81. The molecule has 0 aliphatic carbocycles. The number of hydrogen-bond acceptors (Lipinski definition) is 3. The first kappa shape index (κ1) is 20.1. The molecular formula is C19H20Cl2N2O3. The highest BCUT2D eigenvalue weighted by molar-refractivity contribution is 6.35. The van der Waals surface area contributed by atoms with Crippen LogP contribution in [0, 0.1) is 12.8 Å². The maximum absolute atomic E-state index is 12.2. The molecule has 2 amide bonds. The lowest BCUT2D eigenvalue weighted by atomic mass is 10.1. The van der Waals surface area contributed by atoms with Gasteiger partial charge in [-0.25, -0.2) is 0 Å². The predicted octanol–water partition coefficient (Wildman–Crippen LogP) is 4.91. The third-order valence-corrected chi connectivity index (χ3v) is 4.09. The van der Waals surface area contributed by atoms with E-state index in [1.54, 1.807) is 30.3 Å². The van der Waals surface area contributed by atoms with Gasteiger partial charge in [0.2, 0.25) is 5.91 Å². The smallest absolute Gasteiger partial charge is 0.262 e. The Hall–Kier alpha value is -2.24. The summed E-state index contributed by atoms with van der Waals surface area (Å²) in [6.45, 7) is 5.28. The molecule has 26 heavy (non-hydrogen) atoms. The number of carbonyl (C=O) groups is 2. The van der Waals surface area contributed by atoms with Crippen molar-refractivity contribution in [1.82, 2.24) is 0 Å². The molecule has 5 nitrogen and oxygen atoms in total. The fourth-order valence-corrected chi connectivity index (χ4v) is 2.51. The van der Waals surface area contributed by atoms with Crippen molar-refractivity contribution in [3.63, 3.8) is 0 Å². The molecule has 0 heterocycles. The summed E-state index contributed by atoms with van der Waals surface area (Å²) in [6, 6.07) is 10.1. The van der Waals surface area contributed by atoms with E-state index >= 15 is 0 Å². The van der Waals surface area contributed by atoms with E-state index in [1.807, 2.05) is 26.8 Å². The van der Waals surface area contributed by atoms with Gasteiger partial charge < -0.3 is 15.4 Å². The lowest BCUT2D eigenvalue weighted by Gasteiger charge is -2.13. The van der Waals surface area contributed by atoms with Crippen LogP contribution in [0.3, 0.4) is 0 Å². The van der Waals surface area contributed by atoms with Crippen LogP contribution in [0.4, 0.5) is 11.4 Å². The summed E-state index contributed by atoms with van der Waals surface area (Å²) in [5.41, 5.74) is 2.08. The van der Waals surface area contributed by atoms with Gasteiger partial charge in [-0.05, 0) is 42.8 Å². The van der Waals surface area contributed by atoms with Crippen LogP contribution in [-0.4, -0.2) is 18.4 Å². The molecule has 0 aromatic heterocycles. The van der Waals surface area contributed by atoms with Crippen LogP contribution in [-0.2, 0) is 9.59 Å². The Morgan fingerprint density at radius 3 is 2.46 bits per heavy atom. The van der Waals surface area contributed by atoms with Gasteiger partial charge in [-0.1, -0.05) is 43.1 Å². The maximum Gasteiger partial charge on any atom is 0.262 e. The summed E-state index contributed by atoms with van der Waals surface area (Å²) in [5, 5.41) is 6.39. The molecule has 2 aromatic rings. The van der Waals surface area contributed by atoms with Gasteiger partial charge in [-0.3, -0.25) is 9.59 Å². The second-order valence-corrected chi connectivity index (χ2v) is 6.93.